The molecule has 0 N–H and O–H groups in total. The van der Waals surface area contributed by atoms with Crippen LogP contribution in [-0.2, 0) is 17.8 Å². The van der Waals surface area contributed by atoms with Gasteiger partial charge >= 0.3 is 213 Å². The first-order chi connectivity index (χ1) is 16.7. The van der Waals surface area contributed by atoms with Crippen LogP contribution in [0.1, 0.15) is 27.0 Å². The molecule has 5 heteroatoms. The number of ketones is 2. The topological polar surface area (TPSA) is 43.4 Å². The first kappa shape index (κ1) is 22.8. The monoisotopic (exact) mass is 578 g/mol. The number of ether oxygens (including phenoxy) is 1. The Morgan fingerprint density at radius 3 is 2.06 bits per heavy atom. The second-order valence-corrected chi connectivity index (χ2v) is 14.4. The SMILES string of the molecule is O=C1c2ccccc2COc2ccc(CC(=O)C([Se]c3ccccc3)[Se]c3ccccc3)cc21. The van der Waals surface area contributed by atoms with E-state index in [1.165, 1.54) is 8.92 Å². The zero-order valence-electron chi connectivity index (χ0n) is 18.3. The number of fused-ring (bicyclic) bond motifs is 2. The average Bonchev–Trinajstić information content (AvgIpc) is 3.01. The fourth-order valence-corrected chi connectivity index (χ4v) is 10.1. The Kier molecular flexibility index (Phi) is 7.08. The van der Waals surface area contributed by atoms with Crippen molar-refractivity contribution < 1.29 is 14.3 Å². The van der Waals surface area contributed by atoms with Crippen molar-refractivity contribution in [3.63, 3.8) is 0 Å². The summed E-state index contributed by atoms with van der Waals surface area (Å²) < 4.78 is 8.35. The van der Waals surface area contributed by atoms with Crippen LogP contribution < -0.4 is 13.7 Å². The number of rotatable bonds is 7. The van der Waals surface area contributed by atoms with Gasteiger partial charge in [-0.25, -0.2) is 0 Å². The molecular formula is C29H22O3Se2. The van der Waals surface area contributed by atoms with E-state index in [0.29, 0.717) is 29.9 Å². The molecule has 0 amide bonds. The standard InChI is InChI=1S/C29H22O3Se2/c30-26(29(33-22-10-3-1-4-11-22)34-23-12-5-2-6-13-23)18-20-15-16-27-25(17-20)28(31)24-14-8-7-9-21(24)19-32-27/h1-17,29H,18-19H2. The van der Waals surface area contributed by atoms with Crippen molar-refractivity contribution in [2.45, 2.75) is 16.7 Å². The zero-order chi connectivity index (χ0) is 23.3. The van der Waals surface area contributed by atoms with Gasteiger partial charge in [0.05, 0.1) is 0 Å². The van der Waals surface area contributed by atoms with Crippen molar-refractivity contribution >= 4 is 50.4 Å². The van der Waals surface area contributed by atoms with E-state index in [0.717, 1.165) is 11.1 Å². The van der Waals surface area contributed by atoms with E-state index in [9.17, 15) is 9.59 Å². The van der Waals surface area contributed by atoms with Gasteiger partial charge in [-0.2, -0.15) is 0 Å². The van der Waals surface area contributed by atoms with Crippen LogP contribution in [0.2, 0.25) is 3.71 Å². The van der Waals surface area contributed by atoms with E-state index in [-0.39, 0.29) is 45.2 Å². The van der Waals surface area contributed by atoms with Crippen LogP contribution in [0, 0.1) is 0 Å². The van der Waals surface area contributed by atoms with Gasteiger partial charge in [0.25, 0.3) is 0 Å². The van der Waals surface area contributed by atoms with Crippen LogP contribution in [0.15, 0.2) is 103 Å². The molecule has 0 bridgehead atoms. The predicted molar refractivity (Wildman–Crippen MR) is 137 cm³/mol. The fraction of sp³-hybridized carbons (Fsp3) is 0.103. The molecule has 0 radical (unpaired) electrons. The van der Waals surface area contributed by atoms with Gasteiger partial charge in [0.15, 0.2) is 0 Å². The number of hydrogen-bond donors (Lipinski definition) is 0. The number of carbonyl (C=O) groups excluding carboxylic acids is 2. The predicted octanol–water partition coefficient (Wildman–Crippen LogP) is 3.73. The van der Waals surface area contributed by atoms with Crippen LogP contribution >= 0.6 is 0 Å². The third-order valence-corrected chi connectivity index (χ3v) is 11.9. The van der Waals surface area contributed by atoms with Crippen molar-refractivity contribution in [3.05, 3.63) is 125 Å². The Bertz CT molecular complexity index is 1280. The first-order valence-corrected chi connectivity index (χ1v) is 14.7. The quantitative estimate of drug-likeness (QED) is 0.315. The van der Waals surface area contributed by atoms with Crippen LogP contribution in [0.5, 0.6) is 5.75 Å². The first-order valence-electron chi connectivity index (χ1n) is 11.0. The molecule has 168 valence electrons. The molecule has 0 aromatic heterocycles. The normalized spacial score (nSPS) is 12.4. The molecule has 0 saturated carbocycles. The second-order valence-electron chi connectivity index (χ2n) is 7.94. The Balaban J connectivity index is 1.40. The van der Waals surface area contributed by atoms with E-state index in [2.05, 4.69) is 24.3 Å². The van der Waals surface area contributed by atoms with Gasteiger partial charge in [-0.3, -0.25) is 0 Å². The molecule has 5 rings (SSSR count). The zero-order valence-corrected chi connectivity index (χ0v) is 21.8. The summed E-state index contributed by atoms with van der Waals surface area (Å²) in [5, 5.41) is 0. The van der Waals surface area contributed by atoms with E-state index >= 15 is 0 Å². The Morgan fingerprint density at radius 2 is 1.38 bits per heavy atom. The van der Waals surface area contributed by atoms with Crippen LogP contribution in [0.4, 0.5) is 0 Å². The molecule has 34 heavy (non-hydrogen) atoms. The third-order valence-electron chi connectivity index (χ3n) is 5.55. The van der Waals surface area contributed by atoms with Crippen LogP contribution in [0.25, 0.3) is 0 Å². The van der Waals surface area contributed by atoms with Crippen LogP contribution in [0.3, 0.4) is 0 Å². The molecule has 0 spiro atoms. The van der Waals surface area contributed by atoms with E-state index in [1.807, 2.05) is 78.9 Å². The molecular weight excluding hydrogens is 554 g/mol. The summed E-state index contributed by atoms with van der Waals surface area (Å²) in [6, 6.07) is 33.7. The Hall–Kier alpha value is -2.94. The van der Waals surface area contributed by atoms with Crippen molar-refractivity contribution in [3.8, 4) is 5.75 Å². The number of Topliss-reactive ketones (excluding diaryl/α,β-unsaturated/α-hetero) is 1. The molecule has 0 saturated heterocycles. The number of benzene rings is 4. The van der Waals surface area contributed by atoms with Gasteiger partial charge in [-0.15, -0.1) is 0 Å². The van der Waals surface area contributed by atoms with Gasteiger partial charge in [-0.05, 0) is 0 Å². The summed E-state index contributed by atoms with van der Waals surface area (Å²) in [7, 11) is 0. The fourth-order valence-electron chi connectivity index (χ4n) is 3.84. The van der Waals surface area contributed by atoms with Gasteiger partial charge in [0.1, 0.15) is 0 Å². The average molecular weight is 576 g/mol. The van der Waals surface area contributed by atoms with Gasteiger partial charge < -0.3 is 0 Å². The number of hydrogen-bond acceptors (Lipinski definition) is 3. The molecule has 0 fully saturated rings. The molecule has 0 aliphatic carbocycles. The minimum absolute atomic E-state index is 0.0173. The minimum atomic E-state index is -0.0454. The van der Waals surface area contributed by atoms with E-state index in [4.69, 9.17) is 4.74 Å². The molecule has 4 aromatic rings. The molecule has 1 aliphatic heterocycles. The molecule has 0 atom stereocenters. The summed E-state index contributed by atoms with van der Waals surface area (Å²) in [6.07, 6.45) is 0.316. The van der Waals surface area contributed by atoms with Crippen molar-refractivity contribution in [1.29, 1.82) is 0 Å². The van der Waals surface area contributed by atoms with Crippen molar-refractivity contribution in [1.82, 2.24) is 0 Å². The van der Waals surface area contributed by atoms with Crippen molar-refractivity contribution in [2.75, 3.05) is 0 Å². The Morgan fingerprint density at radius 1 is 0.765 bits per heavy atom. The van der Waals surface area contributed by atoms with Crippen molar-refractivity contribution in [2.24, 2.45) is 0 Å². The second kappa shape index (κ2) is 10.5. The molecule has 1 heterocycles. The maximum atomic E-state index is 13.6. The third kappa shape index (κ3) is 5.24. The summed E-state index contributed by atoms with van der Waals surface area (Å²) in [5.74, 6) is 0.766. The summed E-state index contributed by atoms with van der Waals surface area (Å²) in [4.78, 5) is 26.8. The summed E-state index contributed by atoms with van der Waals surface area (Å²) in [5.41, 5.74) is 2.95. The van der Waals surface area contributed by atoms with Gasteiger partial charge in [0, 0.05) is 0 Å². The number of carbonyl (C=O) groups is 2. The Labute approximate surface area is 211 Å². The molecule has 0 unspecified atom stereocenters. The molecule has 3 nitrogen and oxygen atoms in total. The summed E-state index contributed by atoms with van der Waals surface area (Å²) in [6.45, 7) is 0.369. The summed E-state index contributed by atoms with van der Waals surface area (Å²) >= 11 is 0.0789. The van der Waals surface area contributed by atoms with E-state index < -0.39 is 0 Å². The van der Waals surface area contributed by atoms with Crippen LogP contribution in [-0.4, -0.2) is 41.5 Å². The molecule has 4 aromatic carbocycles. The van der Waals surface area contributed by atoms with Gasteiger partial charge in [0.2, 0.25) is 0 Å². The van der Waals surface area contributed by atoms with E-state index in [1.54, 1.807) is 0 Å². The molecule has 1 aliphatic rings. The maximum absolute atomic E-state index is 13.6. The van der Waals surface area contributed by atoms with Gasteiger partial charge in [-0.1, -0.05) is 0 Å².